The van der Waals surface area contributed by atoms with E-state index in [9.17, 15) is 0 Å². The van der Waals surface area contributed by atoms with E-state index >= 15 is 0 Å². The molecule has 0 aliphatic heterocycles. The number of imidazole rings is 1. The summed E-state index contributed by atoms with van der Waals surface area (Å²) < 4.78 is 2.10. The molecule has 6 heteroatoms. The van der Waals surface area contributed by atoms with Gasteiger partial charge >= 0.3 is 0 Å². The Hall–Kier alpha value is -3.54. The molecule has 0 saturated heterocycles. The van der Waals surface area contributed by atoms with Gasteiger partial charge in [-0.1, -0.05) is 30.3 Å². The SMILES string of the molecule is Nc1ccnc(-c2ccc(-c3nccn3Cc3cccnc3)cc2)n1. The summed E-state index contributed by atoms with van der Waals surface area (Å²) in [7, 11) is 0. The topological polar surface area (TPSA) is 82.5 Å². The van der Waals surface area contributed by atoms with Gasteiger partial charge in [0.2, 0.25) is 0 Å². The molecule has 4 rings (SSSR count). The number of benzene rings is 1. The van der Waals surface area contributed by atoms with Crippen LogP contribution >= 0.6 is 0 Å². The second-order valence-electron chi connectivity index (χ2n) is 5.62. The van der Waals surface area contributed by atoms with Crippen LogP contribution < -0.4 is 5.73 Å². The van der Waals surface area contributed by atoms with Gasteiger partial charge < -0.3 is 10.3 Å². The van der Waals surface area contributed by atoms with Gasteiger partial charge in [-0.2, -0.15) is 0 Å². The van der Waals surface area contributed by atoms with Gasteiger partial charge in [-0.05, 0) is 17.7 Å². The van der Waals surface area contributed by atoms with Crippen molar-refractivity contribution in [3.63, 3.8) is 0 Å². The van der Waals surface area contributed by atoms with Crippen LogP contribution in [0.2, 0.25) is 0 Å². The van der Waals surface area contributed by atoms with Crippen LogP contribution in [0.5, 0.6) is 0 Å². The lowest BCUT2D eigenvalue weighted by atomic mass is 10.1. The number of hydrogen-bond donors (Lipinski definition) is 1. The maximum absolute atomic E-state index is 5.73. The van der Waals surface area contributed by atoms with Crippen molar-refractivity contribution in [1.82, 2.24) is 24.5 Å². The number of aromatic nitrogens is 5. The van der Waals surface area contributed by atoms with Crippen molar-refractivity contribution in [3.8, 4) is 22.8 Å². The molecule has 0 spiro atoms. The van der Waals surface area contributed by atoms with Crippen molar-refractivity contribution >= 4 is 5.82 Å². The maximum Gasteiger partial charge on any atom is 0.161 e. The smallest absolute Gasteiger partial charge is 0.161 e. The predicted octanol–water partition coefficient (Wildman–Crippen LogP) is 3.03. The minimum Gasteiger partial charge on any atom is -0.384 e. The summed E-state index contributed by atoms with van der Waals surface area (Å²) in [5, 5.41) is 0. The second kappa shape index (κ2) is 6.52. The molecule has 0 atom stereocenters. The van der Waals surface area contributed by atoms with Gasteiger partial charge in [0, 0.05) is 42.1 Å². The Balaban J connectivity index is 1.62. The van der Waals surface area contributed by atoms with Gasteiger partial charge in [-0.25, -0.2) is 15.0 Å². The lowest BCUT2D eigenvalue weighted by Gasteiger charge is -2.08. The molecular weight excluding hydrogens is 312 g/mol. The average molecular weight is 328 g/mol. The monoisotopic (exact) mass is 328 g/mol. The van der Waals surface area contributed by atoms with Crippen molar-refractivity contribution in [2.75, 3.05) is 5.73 Å². The van der Waals surface area contributed by atoms with Crippen LogP contribution in [-0.4, -0.2) is 24.5 Å². The lowest BCUT2D eigenvalue weighted by Crippen LogP contribution is -2.01. The largest absolute Gasteiger partial charge is 0.384 e. The first kappa shape index (κ1) is 15.0. The molecule has 0 aliphatic rings. The summed E-state index contributed by atoms with van der Waals surface area (Å²) in [6, 6.07) is 13.7. The fraction of sp³-hybridized carbons (Fsp3) is 0.0526. The zero-order valence-electron chi connectivity index (χ0n) is 13.4. The molecule has 0 radical (unpaired) electrons. The first-order chi connectivity index (χ1) is 12.3. The van der Waals surface area contributed by atoms with E-state index in [1.807, 2.05) is 42.7 Å². The molecule has 4 aromatic rings. The molecule has 3 heterocycles. The van der Waals surface area contributed by atoms with Crippen molar-refractivity contribution in [1.29, 1.82) is 0 Å². The van der Waals surface area contributed by atoms with Crippen LogP contribution in [0.4, 0.5) is 5.82 Å². The third-order valence-corrected chi connectivity index (χ3v) is 3.87. The Labute approximate surface area is 145 Å². The van der Waals surface area contributed by atoms with Gasteiger partial charge in [0.1, 0.15) is 11.6 Å². The van der Waals surface area contributed by atoms with E-state index in [-0.39, 0.29) is 0 Å². The van der Waals surface area contributed by atoms with E-state index < -0.39 is 0 Å². The molecule has 2 N–H and O–H groups in total. The maximum atomic E-state index is 5.73. The van der Waals surface area contributed by atoms with Crippen LogP contribution in [0.3, 0.4) is 0 Å². The first-order valence-electron chi connectivity index (χ1n) is 7.89. The summed E-state index contributed by atoms with van der Waals surface area (Å²) in [6.45, 7) is 0.725. The molecule has 1 aromatic carbocycles. The van der Waals surface area contributed by atoms with Crippen molar-refractivity contribution in [3.05, 3.63) is 79.0 Å². The van der Waals surface area contributed by atoms with Crippen molar-refractivity contribution < 1.29 is 0 Å². The summed E-state index contributed by atoms with van der Waals surface area (Å²) in [5.74, 6) is 1.98. The predicted molar refractivity (Wildman–Crippen MR) is 96.4 cm³/mol. The molecule has 6 nitrogen and oxygen atoms in total. The molecular formula is C19H16N6. The van der Waals surface area contributed by atoms with Gasteiger partial charge in [0.15, 0.2) is 5.82 Å². The van der Waals surface area contributed by atoms with E-state index in [0.29, 0.717) is 11.6 Å². The van der Waals surface area contributed by atoms with Gasteiger partial charge in [0.25, 0.3) is 0 Å². The second-order valence-corrected chi connectivity index (χ2v) is 5.62. The fourth-order valence-electron chi connectivity index (χ4n) is 2.67. The molecule has 0 amide bonds. The molecule has 0 bridgehead atoms. The number of anilines is 1. The van der Waals surface area contributed by atoms with E-state index in [2.05, 4.69) is 30.6 Å². The lowest BCUT2D eigenvalue weighted by molar-refractivity contribution is 0.803. The first-order valence-corrected chi connectivity index (χ1v) is 7.89. The zero-order chi connectivity index (χ0) is 17.1. The summed E-state index contributed by atoms with van der Waals surface area (Å²) in [4.78, 5) is 17.2. The van der Waals surface area contributed by atoms with Crippen molar-refractivity contribution in [2.45, 2.75) is 6.54 Å². The summed E-state index contributed by atoms with van der Waals surface area (Å²) in [6.07, 6.45) is 9.07. The number of hydrogen-bond acceptors (Lipinski definition) is 5. The quantitative estimate of drug-likeness (QED) is 0.622. The van der Waals surface area contributed by atoms with Gasteiger partial charge in [-0.3, -0.25) is 4.98 Å². The number of nitrogens with two attached hydrogens (primary N) is 1. The standard InChI is InChI=1S/C19H16N6/c20-17-7-9-22-18(24-17)15-3-5-16(6-4-15)19-23-10-11-25(19)13-14-2-1-8-21-12-14/h1-12H,13H2,(H2,20,22,24). The highest BCUT2D eigenvalue weighted by atomic mass is 15.1. The number of rotatable bonds is 4. The van der Waals surface area contributed by atoms with Crippen LogP contribution in [0.1, 0.15) is 5.56 Å². The summed E-state index contributed by atoms with van der Waals surface area (Å²) in [5.41, 5.74) is 8.80. The van der Waals surface area contributed by atoms with E-state index in [4.69, 9.17) is 5.73 Å². The Morgan fingerprint density at radius 2 is 1.72 bits per heavy atom. The minimum atomic E-state index is 0.459. The minimum absolute atomic E-state index is 0.459. The highest BCUT2D eigenvalue weighted by Crippen LogP contribution is 2.23. The Morgan fingerprint density at radius 1 is 0.880 bits per heavy atom. The highest BCUT2D eigenvalue weighted by Gasteiger charge is 2.08. The molecule has 0 saturated carbocycles. The highest BCUT2D eigenvalue weighted by molar-refractivity contribution is 5.64. The zero-order valence-corrected chi connectivity index (χ0v) is 13.4. The number of nitrogens with zero attached hydrogens (tertiary/aromatic N) is 5. The molecule has 3 aromatic heterocycles. The molecule has 25 heavy (non-hydrogen) atoms. The normalized spacial score (nSPS) is 10.7. The Bertz CT molecular complexity index is 976. The number of nitrogen functional groups attached to an aromatic ring is 1. The van der Waals surface area contributed by atoms with Crippen LogP contribution in [0, 0.1) is 0 Å². The van der Waals surface area contributed by atoms with Gasteiger partial charge in [-0.15, -0.1) is 0 Å². The van der Waals surface area contributed by atoms with Gasteiger partial charge in [0.05, 0.1) is 6.54 Å². The molecule has 122 valence electrons. The third-order valence-electron chi connectivity index (χ3n) is 3.87. The van der Waals surface area contributed by atoms with E-state index in [1.165, 1.54) is 0 Å². The molecule has 0 fully saturated rings. The third kappa shape index (κ3) is 3.23. The Kier molecular flexibility index (Phi) is 3.92. The van der Waals surface area contributed by atoms with E-state index in [0.717, 1.165) is 29.1 Å². The van der Waals surface area contributed by atoms with Crippen molar-refractivity contribution in [2.24, 2.45) is 0 Å². The molecule has 0 aliphatic carbocycles. The van der Waals surface area contributed by atoms with Crippen LogP contribution in [0.15, 0.2) is 73.4 Å². The van der Waals surface area contributed by atoms with Crippen LogP contribution in [-0.2, 0) is 6.54 Å². The molecule has 0 unspecified atom stereocenters. The number of pyridine rings is 1. The van der Waals surface area contributed by atoms with Crippen LogP contribution in [0.25, 0.3) is 22.8 Å². The average Bonchev–Trinajstić information content (AvgIpc) is 3.11. The fourth-order valence-corrected chi connectivity index (χ4v) is 2.67. The summed E-state index contributed by atoms with van der Waals surface area (Å²) >= 11 is 0. The Morgan fingerprint density at radius 3 is 2.48 bits per heavy atom. The van der Waals surface area contributed by atoms with E-state index in [1.54, 1.807) is 24.7 Å².